The van der Waals surface area contributed by atoms with E-state index in [1.807, 2.05) is 19.1 Å². The maximum atomic E-state index is 4.60. The van der Waals surface area contributed by atoms with Crippen molar-refractivity contribution in [3.63, 3.8) is 0 Å². The Balaban J connectivity index is 1.87. The minimum absolute atomic E-state index is 0.644. The van der Waals surface area contributed by atoms with Gasteiger partial charge in [0.25, 0.3) is 0 Å². The van der Waals surface area contributed by atoms with Crippen LogP contribution in [-0.4, -0.2) is 39.6 Å². The number of hydrogen-bond acceptors (Lipinski definition) is 7. The first-order valence-electron chi connectivity index (χ1n) is 7.18. The summed E-state index contributed by atoms with van der Waals surface area (Å²) in [7, 11) is 0. The van der Waals surface area contributed by atoms with Gasteiger partial charge in [0.05, 0.1) is 0 Å². The predicted molar refractivity (Wildman–Crippen MR) is 83.8 cm³/mol. The Morgan fingerprint density at radius 1 is 1.14 bits per heavy atom. The van der Waals surface area contributed by atoms with Gasteiger partial charge in [-0.3, -0.25) is 4.98 Å². The van der Waals surface area contributed by atoms with E-state index in [1.165, 1.54) is 24.6 Å². The topological polar surface area (TPSA) is 66.8 Å². The second kappa shape index (κ2) is 6.71. The number of hydrogen-bond donors (Lipinski definition) is 1. The zero-order valence-electron chi connectivity index (χ0n) is 12.0. The van der Waals surface area contributed by atoms with Crippen LogP contribution in [-0.2, 0) is 0 Å². The maximum absolute atomic E-state index is 4.60. The summed E-state index contributed by atoms with van der Waals surface area (Å²) in [5, 5.41) is 3.90. The molecule has 1 N–H and O–H groups in total. The summed E-state index contributed by atoms with van der Waals surface area (Å²) >= 11 is 1.53. The van der Waals surface area contributed by atoms with Crippen molar-refractivity contribution >= 4 is 23.7 Å². The first-order chi connectivity index (χ1) is 10.3. The van der Waals surface area contributed by atoms with Gasteiger partial charge < -0.3 is 10.2 Å². The molecule has 1 aliphatic heterocycles. The third-order valence-electron chi connectivity index (χ3n) is 3.19. The molecule has 7 heteroatoms. The highest BCUT2D eigenvalue weighted by Gasteiger charge is 2.17. The molecule has 2 aromatic rings. The van der Waals surface area contributed by atoms with Crippen molar-refractivity contribution in [3.05, 3.63) is 24.5 Å². The summed E-state index contributed by atoms with van der Waals surface area (Å²) in [6.07, 6.45) is 5.95. The van der Waals surface area contributed by atoms with Gasteiger partial charge in [0, 0.05) is 36.9 Å². The van der Waals surface area contributed by atoms with Crippen molar-refractivity contribution in [1.29, 1.82) is 0 Å². The van der Waals surface area contributed by atoms with Gasteiger partial charge in [-0.1, -0.05) is 0 Å². The molecule has 0 saturated carbocycles. The molecule has 1 aliphatic rings. The van der Waals surface area contributed by atoms with E-state index >= 15 is 0 Å². The van der Waals surface area contributed by atoms with Crippen molar-refractivity contribution in [3.8, 4) is 0 Å². The van der Waals surface area contributed by atoms with Crippen LogP contribution in [0.2, 0.25) is 0 Å². The molecule has 0 unspecified atom stereocenters. The summed E-state index contributed by atoms with van der Waals surface area (Å²) in [4.78, 5) is 20.9. The maximum Gasteiger partial charge on any atom is 0.231 e. The molecular weight excluding hydrogens is 284 g/mol. The van der Waals surface area contributed by atoms with Crippen LogP contribution in [0, 0.1) is 0 Å². The van der Waals surface area contributed by atoms with E-state index in [0.717, 1.165) is 30.5 Å². The summed E-state index contributed by atoms with van der Waals surface area (Å²) in [5.74, 6) is 1.42. The Bertz CT molecular complexity index is 585. The van der Waals surface area contributed by atoms with Crippen LogP contribution in [0.5, 0.6) is 0 Å². The Hall–Kier alpha value is -1.89. The average Bonchev–Trinajstić information content (AvgIpc) is 3.03. The van der Waals surface area contributed by atoms with E-state index in [-0.39, 0.29) is 0 Å². The van der Waals surface area contributed by atoms with Crippen molar-refractivity contribution in [2.75, 3.05) is 29.9 Å². The van der Waals surface area contributed by atoms with E-state index in [1.54, 1.807) is 12.4 Å². The number of nitrogens with one attached hydrogen (secondary N) is 1. The van der Waals surface area contributed by atoms with E-state index in [2.05, 4.69) is 30.2 Å². The number of pyridine rings is 1. The van der Waals surface area contributed by atoms with Gasteiger partial charge in [0.1, 0.15) is 0 Å². The Labute approximate surface area is 128 Å². The lowest BCUT2D eigenvalue weighted by Crippen LogP contribution is -2.21. The van der Waals surface area contributed by atoms with E-state index in [9.17, 15) is 0 Å². The zero-order valence-corrected chi connectivity index (χ0v) is 12.8. The molecule has 1 fully saturated rings. The molecule has 21 heavy (non-hydrogen) atoms. The van der Waals surface area contributed by atoms with E-state index in [4.69, 9.17) is 0 Å². The number of anilines is 2. The third kappa shape index (κ3) is 3.60. The molecule has 0 aliphatic carbocycles. The SMILES string of the molecule is CCNc1nc(Sc2ccncc2)nc(N2CCCC2)n1. The smallest absolute Gasteiger partial charge is 0.231 e. The van der Waals surface area contributed by atoms with Gasteiger partial charge in [-0.05, 0) is 43.7 Å². The van der Waals surface area contributed by atoms with E-state index in [0.29, 0.717) is 11.1 Å². The molecule has 110 valence electrons. The lowest BCUT2D eigenvalue weighted by Gasteiger charge is -2.16. The van der Waals surface area contributed by atoms with Crippen LogP contribution in [0.4, 0.5) is 11.9 Å². The van der Waals surface area contributed by atoms with Gasteiger partial charge in [0.15, 0.2) is 5.16 Å². The monoisotopic (exact) mass is 302 g/mol. The van der Waals surface area contributed by atoms with Crippen LogP contribution >= 0.6 is 11.8 Å². The standard InChI is InChI=1S/C14H18N6S/c1-2-16-12-17-13(20-9-3-4-10-20)19-14(18-12)21-11-5-7-15-8-6-11/h5-8H,2-4,9-10H2,1H3,(H,16,17,18,19). The molecule has 2 aromatic heterocycles. The lowest BCUT2D eigenvalue weighted by molar-refractivity contribution is 0.826. The highest BCUT2D eigenvalue weighted by molar-refractivity contribution is 7.99. The Morgan fingerprint density at radius 2 is 1.90 bits per heavy atom. The van der Waals surface area contributed by atoms with Gasteiger partial charge in [-0.2, -0.15) is 15.0 Å². The summed E-state index contributed by atoms with van der Waals surface area (Å²) in [5.41, 5.74) is 0. The van der Waals surface area contributed by atoms with Crippen LogP contribution < -0.4 is 10.2 Å². The normalized spacial score (nSPS) is 14.4. The molecule has 6 nitrogen and oxygen atoms in total. The third-order valence-corrected chi connectivity index (χ3v) is 4.06. The molecule has 0 atom stereocenters. The Kier molecular flexibility index (Phi) is 4.49. The van der Waals surface area contributed by atoms with Crippen LogP contribution in [0.3, 0.4) is 0 Å². The van der Waals surface area contributed by atoms with E-state index < -0.39 is 0 Å². The second-order valence-corrected chi connectivity index (χ2v) is 5.79. The minimum atomic E-state index is 0.644. The molecule has 0 radical (unpaired) electrons. The molecule has 3 heterocycles. The number of nitrogens with zero attached hydrogens (tertiary/aromatic N) is 5. The van der Waals surface area contributed by atoms with Crippen LogP contribution in [0.1, 0.15) is 19.8 Å². The second-order valence-electron chi connectivity index (χ2n) is 4.75. The van der Waals surface area contributed by atoms with Gasteiger partial charge >= 0.3 is 0 Å². The first-order valence-corrected chi connectivity index (χ1v) is 7.99. The predicted octanol–water partition coefficient (Wildman–Crippen LogP) is 2.45. The molecule has 0 spiro atoms. The lowest BCUT2D eigenvalue weighted by atomic mass is 10.4. The van der Waals surface area contributed by atoms with Gasteiger partial charge in [0.2, 0.25) is 11.9 Å². The molecule has 0 aromatic carbocycles. The largest absolute Gasteiger partial charge is 0.354 e. The van der Waals surface area contributed by atoms with Crippen LogP contribution in [0.15, 0.2) is 34.6 Å². The highest BCUT2D eigenvalue weighted by atomic mass is 32.2. The van der Waals surface area contributed by atoms with Gasteiger partial charge in [-0.15, -0.1) is 0 Å². The fourth-order valence-corrected chi connectivity index (χ4v) is 2.93. The fraction of sp³-hybridized carbons (Fsp3) is 0.429. The van der Waals surface area contributed by atoms with Crippen molar-refractivity contribution in [1.82, 2.24) is 19.9 Å². The average molecular weight is 302 g/mol. The van der Waals surface area contributed by atoms with Crippen molar-refractivity contribution < 1.29 is 0 Å². The fourth-order valence-electron chi connectivity index (χ4n) is 2.20. The van der Waals surface area contributed by atoms with Crippen molar-refractivity contribution in [2.24, 2.45) is 0 Å². The summed E-state index contributed by atoms with van der Waals surface area (Å²) in [6.45, 7) is 4.88. The Morgan fingerprint density at radius 3 is 2.62 bits per heavy atom. The molecule has 0 amide bonds. The quantitative estimate of drug-likeness (QED) is 0.910. The van der Waals surface area contributed by atoms with Gasteiger partial charge in [-0.25, -0.2) is 0 Å². The molecule has 3 rings (SSSR count). The summed E-state index contributed by atoms with van der Waals surface area (Å²) in [6, 6.07) is 3.91. The number of rotatable bonds is 5. The molecular formula is C14H18N6S. The minimum Gasteiger partial charge on any atom is -0.354 e. The number of aromatic nitrogens is 4. The highest BCUT2D eigenvalue weighted by Crippen LogP contribution is 2.26. The molecule has 0 bridgehead atoms. The van der Waals surface area contributed by atoms with Crippen LogP contribution in [0.25, 0.3) is 0 Å². The van der Waals surface area contributed by atoms with Crippen molar-refractivity contribution in [2.45, 2.75) is 29.8 Å². The molecule has 1 saturated heterocycles. The zero-order chi connectivity index (χ0) is 14.5. The summed E-state index contributed by atoms with van der Waals surface area (Å²) < 4.78 is 0. The first kappa shape index (κ1) is 14.1.